The van der Waals surface area contributed by atoms with Crippen molar-refractivity contribution in [3.05, 3.63) is 76.8 Å². The number of rotatable bonds is 8. The smallest absolute Gasteiger partial charge is 0.195 e. The highest BCUT2D eigenvalue weighted by atomic mass is 32.2. The highest BCUT2D eigenvalue weighted by Crippen LogP contribution is 2.39. The molecule has 1 aromatic heterocycles. The van der Waals surface area contributed by atoms with Crippen molar-refractivity contribution in [2.45, 2.75) is 23.1 Å². The van der Waals surface area contributed by atoms with Gasteiger partial charge in [-0.3, -0.25) is 5.10 Å². The molecule has 3 rings (SSSR count). The minimum atomic E-state index is 0.0686. The summed E-state index contributed by atoms with van der Waals surface area (Å²) >= 11 is 7.23. The molecule has 0 aliphatic carbocycles. The number of ether oxygens (including phenoxy) is 1. The summed E-state index contributed by atoms with van der Waals surface area (Å²) in [5.41, 5.74) is 1.21. The lowest BCUT2D eigenvalue weighted by atomic mass is 10.1. The summed E-state index contributed by atoms with van der Waals surface area (Å²) in [5, 5.41) is 7.58. The predicted octanol–water partition coefficient (Wildman–Crippen LogP) is 4.86. The number of thioether (sulfide) groups is 1. The van der Waals surface area contributed by atoms with Crippen LogP contribution in [0.1, 0.15) is 23.1 Å². The topological polar surface area (TPSA) is 42.8 Å². The van der Waals surface area contributed by atoms with E-state index < -0.39 is 0 Å². The van der Waals surface area contributed by atoms with E-state index in [2.05, 4.69) is 63.3 Å². The van der Waals surface area contributed by atoms with Gasteiger partial charge in [-0.2, -0.15) is 5.10 Å². The van der Waals surface area contributed by atoms with E-state index in [1.54, 1.807) is 18.9 Å². The van der Waals surface area contributed by atoms with Crippen LogP contribution in [-0.4, -0.2) is 28.5 Å². The van der Waals surface area contributed by atoms with Crippen molar-refractivity contribution in [3.8, 4) is 0 Å². The molecule has 2 aromatic carbocycles. The Balaban J connectivity index is 1.96. The normalized spacial score (nSPS) is 12.2. The maximum Gasteiger partial charge on any atom is 0.195 e. The molecule has 0 saturated heterocycles. The van der Waals surface area contributed by atoms with Crippen LogP contribution in [-0.2, 0) is 11.3 Å². The molecule has 1 unspecified atom stereocenters. The summed E-state index contributed by atoms with van der Waals surface area (Å²) in [4.78, 5) is 1.20. The minimum absolute atomic E-state index is 0.0686. The number of nitrogens with zero attached hydrogens (tertiary/aromatic N) is 2. The van der Waals surface area contributed by atoms with Crippen LogP contribution in [0.4, 0.5) is 0 Å². The molecule has 0 spiro atoms. The van der Waals surface area contributed by atoms with E-state index in [0.717, 1.165) is 18.8 Å². The third-order valence-corrected chi connectivity index (χ3v) is 5.43. The van der Waals surface area contributed by atoms with Crippen molar-refractivity contribution in [2.24, 2.45) is 0 Å². The van der Waals surface area contributed by atoms with Crippen molar-refractivity contribution in [2.75, 3.05) is 13.7 Å². The largest absolute Gasteiger partial charge is 0.385 e. The van der Waals surface area contributed by atoms with Gasteiger partial charge in [0.1, 0.15) is 5.82 Å². The number of nitrogens with one attached hydrogen (secondary N) is 1. The Labute approximate surface area is 157 Å². The van der Waals surface area contributed by atoms with Crippen molar-refractivity contribution < 1.29 is 4.74 Å². The highest BCUT2D eigenvalue weighted by Gasteiger charge is 2.22. The molecule has 1 N–H and O–H groups in total. The average Bonchev–Trinajstić information content (AvgIpc) is 3.02. The first-order valence-electron chi connectivity index (χ1n) is 8.20. The Morgan fingerprint density at radius 1 is 1.12 bits per heavy atom. The zero-order valence-electron chi connectivity index (χ0n) is 14.1. The van der Waals surface area contributed by atoms with Crippen molar-refractivity contribution in [1.82, 2.24) is 14.8 Å². The van der Waals surface area contributed by atoms with Gasteiger partial charge in [0.2, 0.25) is 0 Å². The van der Waals surface area contributed by atoms with Gasteiger partial charge in [0, 0.05) is 25.2 Å². The molecule has 0 fully saturated rings. The van der Waals surface area contributed by atoms with Crippen molar-refractivity contribution >= 4 is 24.0 Å². The number of H-pyrrole nitrogens is 1. The second-order valence-electron chi connectivity index (χ2n) is 5.61. The maximum absolute atomic E-state index is 5.45. The van der Waals surface area contributed by atoms with Gasteiger partial charge >= 0.3 is 0 Å². The van der Waals surface area contributed by atoms with E-state index in [1.807, 2.05) is 12.1 Å². The molecule has 0 saturated carbocycles. The number of benzene rings is 2. The van der Waals surface area contributed by atoms with E-state index in [0.29, 0.717) is 11.4 Å². The monoisotopic (exact) mass is 371 g/mol. The van der Waals surface area contributed by atoms with Crippen LogP contribution in [0.15, 0.2) is 65.6 Å². The Morgan fingerprint density at radius 3 is 2.48 bits per heavy atom. The molecule has 0 aliphatic rings. The molecular weight excluding hydrogens is 350 g/mol. The first-order valence-corrected chi connectivity index (χ1v) is 9.49. The van der Waals surface area contributed by atoms with Gasteiger partial charge < -0.3 is 9.30 Å². The quantitative estimate of drug-likeness (QED) is 0.349. The summed E-state index contributed by atoms with van der Waals surface area (Å²) in [6, 6.07) is 20.8. The first kappa shape index (κ1) is 17.9. The van der Waals surface area contributed by atoms with E-state index in [4.69, 9.17) is 17.0 Å². The van der Waals surface area contributed by atoms with Crippen molar-refractivity contribution in [3.63, 3.8) is 0 Å². The number of hydrogen-bond acceptors (Lipinski definition) is 4. The number of aromatic amines is 1. The van der Waals surface area contributed by atoms with E-state index in [-0.39, 0.29) is 5.25 Å². The molecule has 4 nitrogen and oxygen atoms in total. The van der Waals surface area contributed by atoms with Crippen molar-refractivity contribution in [1.29, 1.82) is 0 Å². The molecule has 3 aromatic rings. The Hall–Kier alpha value is -1.89. The van der Waals surface area contributed by atoms with Gasteiger partial charge in [-0.05, 0) is 36.3 Å². The molecule has 6 heteroatoms. The van der Waals surface area contributed by atoms with Gasteiger partial charge in [0.15, 0.2) is 4.77 Å². The van der Waals surface area contributed by atoms with Gasteiger partial charge in [-0.15, -0.1) is 11.8 Å². The first-order chi connectivity index (χ1) is 12.3. The molecular formula is C19H21N3OS2. The summed E-state index contributed by atoms with van der Waals surface area (Å²) in [6.07, 6.45) is 0.898. The zero-order chi connectivity index (χ0) is 17.5. The van der Waals surface area contributed by atoms with Gasteiger partial charge in [-0.1, -0.05) is 48.5 Å². The third kappa shape index (κ3) is 4.60. The van der Waals surface area contributed by atoms with E-state index in [1.165, 1.54) is 10.5 Å². The molecule has 25 heavy (non-hydrogen) atoms. The maximum atomic E-state index is 5.45. The average molecular weight is 372 g/mol. The highest BCUT2D eigenvalue weighted by molar-refractivity contribution is 7.99. The predicted molar refractivity (Wildman–Crippen MR) is 104 cm³/mol. The van der Waals surface area contributed by atoms with Crippen LogP contribution >= 0.6 is 24.0 Å². The molecule has 0 amide bonds. The second kappa shape index (κ2) is 8.99. The fourth-order valence-electron chi connectivity index (χ4n) is 2.65. The van der Waals surface area contributed by atoms with Gasteiger partial charge in [-0.25, -0.2) is 0 Å². The summed E-state index contributed by atoms with van der Waals surface area (Å²) in [6.45, 7) is 1.49. The van der Waals surface area contributed by atoms with Crippen LogP contribution in [0, 0.1) is 4.77 Å². The van der Waals surface area contributed by atoms with Crippen LogP contribution < -0.4 is 0 Å². The number of hydrogen-bond donors (Lipinski definition) is 1. The lowest BCUT2D eigenvalue weighted by Gasteiger charge is -2.18. The van der Waals surface area contributed by atoms with Crippen LogP contribution in [0.25, 0.3) is 0 Å². The lowest BCUT2D eigenvalue weighted by molar-refractivity contribution is 0.190. The molecule has 1 atom stereocenters. The summed E-state index contributed by atoms with van der Waals surface area (Å²) < 4.78 is 7.92. The standard InChI is InChI=1S/C19H21N3OS2/c1-23-14-8-13-22-18(20-21-19(22)24)17(15-9-4-2-5-10-15)25-16-11-6-3-7-12-16/h2-7,9-12,17H,8,13-14H2,1H3,(H,21,24). The molecule has 0 radical (unpaired) electrons. The summed E-state index contributed by atoms with van der Waals surface area (Å²) in [5.74, 6) is 0.946. The molecule has 0 bridgehead atoms. The second-order valence-corrected chi connectivity index (χ2v) is 7.17. The lowest BCUT2D eigenvalue weighted by Crippen LogP contribution is -2.10. The molecule has 130 valence electrons. The van der Waals surface area contributed by atoms with E-state index in [9.17, 15) is 0 Å². The fourth-order valence-corrected chi connectivity index (χ4v) is 4.04. The third-order valence-electron chi connectivity index (χ3n) is 3.85. The minimum Gasteiger partial charge on any atom is -0.385 e. The zero-order valence-corrected chi connectivity index (χ0v) is 15.7. The Bertz CT molecular complexity index is 831. The van der Waals surface area contributed by atoms with E-state index >= 15 is 0 Å². The SMILES string of the molecule is COCCCn1c(C(Sc2ccccc2)c2ccccc2)n[nH]c1=S. The Kier molecular flexibility index (Phi) is 6.44. The fraction of sp³-hybridized carbons (Fsp3) is 0.263. The van der Waals surface area contributed by atoms with Gasteiger partial charge in [0.25, 0.3) is 0 Å². The van der Waals surface area contributed by atoms with Crippen LogP contribution in [0.2, 0.25) is 0 Å². The van der Waals surface area contributed by atoms with Crippen LogP contribution in [0.3, 0.4) is 0 Å². The number of aromatic nitrogens is 3. The van der Waals surface area contributed by atoms with Gasteiger partial charge in [0.05, 0.1) is 5.25 Å². The number of methoxy groups -OCH3 is 1. The summed E-state index contributed by atoms with van der Waals surface area (Å²) in [7, 11) is 1.72. The molecule has 1 heterocycles. The Morgan fingerprint density at radius 2 is 1.80 bits per heavy atom. The molecule has 0 aliphatic heterocycles. The van der Waals surface area contributed by atoms with Crippen LogP contribution in [0.5, 0.6) is 0 Å².